The van der Waals surface area contributed by atoms with Crippen molar-refractivity contribution in [3.63, 3.8) is 0 Å². The summed E-state index contributed by atoms with van der Waals surface area (Å²) >= 11 is 1.57. The molecule has 0 bridgehead atoms. The second kappa shape index (κ2) is 9.06. The zero-order chi connectivity index (χ0) is 21.8. The van der Waals surface area contributed by atoms with Gasteiger partial charge in [0, 0.05) is 41.3 Å². The Labute approximate surface area is 184 Å². The molecular weight excluding hydrogens is 408 g/mol. The number of thioether (sulfide) groups is 1. The van der Waals surface area contributed by atoms with E-state index in [4.69, 9.17) is 0 Å². The van der Waals surface area contributed by atoms with Gasteiger partial charge in [-0.2, -0.15) is 0 Å². The molecule has 0 fully saturated rings. The number of anilines is 1. The molecule has 7 heteroatoms. The second-order valence-corrected chi connectivity index (χ2v) is 8.01. The lowest BCUT2D eigenvalue weighted by Crippen LogP contribution is -2.20. The highest BCUT2D eigenvalue weighted by molar-refractivity contribution is 7.98. The highest BCUT2D eigenvalue weighted by Gasteiger charge is 2.16. The van der Waals surface area contributed by atoms with Crippen LogP contribution in [0.15, 0.2) is 78.0 Å². The van der Waals surface area contributed by atoms with Crippen molar-refractivity contribution < 1.29 is 9.59 Å². The predicted molar refractivity (Wildman–Crippen MR) is 124 cm³/mol. The van der Waals surface area contributed by atoms with Crippen molar-refractivity contribution in [1.82, 2.24) is 14.7 Å². The molecule has 156 valence electrons. The molecule has 0 saturated carbocycles. The summed E-state index contributed by atoms with van der Waals surface area (Å²) in [5.41, 5.74) is 4.31. The van der Waals surface area contributed by atoms with Crippen LogP contribution in [0.25, 0.3) is 5.65 Å². The predicted octanol–water partition coefficient (Wildman–Crippen LogP) is 4.55. The van der Waals surface area contributed by atoms with Crippen molar-refractivity contribution in [3.8, 4) is 0 Å². The lowest BCUT2D eigenvalue weighted by molar-refractivity contribution is 0.0960. The van der Waals surface area contributed by atoms with Crippen molar-refractivity contribution in [2.45, 2.75) is 17.6 Å². The summed E-state index contributed by atoms with van der Waals surface area (Å²) in [6.45, 7) is 1.82. The molecule has 4 rings (SSSR count). The van der Waals surface area contributed by atoms with Gasteiger partial charge in [-0.1, -0.05) is 24.3 Å². The normalized spacial score (nSPS) is 10.8. The van der Waals surface area contributed by atoms with Crippen molar-refractivity contribution in [3.05, 3.63) is 95.4 Å². The Morgan fingerprint density at radius 3 is 2.55 bits per heavy atom. The maximum absolute atomic E-state index is 13.0. The van der Waals surface area contributed by atoms with Gasteiger partial charge in [-0.05, 0) is 48.9 Å². The lowest BCUT2D eigenvalue weighted by Gasteiger charge is -2.13. The molecule has 2 N–H and O–H groups in total. The number of aromatic nitrogens is 2. The van der Waals surface area contributed by atoms with Gasteiger partial charge < -0.3 is 15.0 Å². The third-order valence-corrected chi connectivity index (χ3v) is 6.08. The van der Waals surface area contributed by atoms with E-state index in [2.05, 4.69) is 15.6 Å². The number of rotatable bonds is 6. The number of nitrogens with zero attached hydrogens (tertiary/aromatic N) is 2. The Hall–Kier alpha value is -3.58. The van der Waals surface area contributed by atoms with E-state index in [-0.39, 0.29) is 11.8 Å². The van der Waals surface area contributed by atoms with E-state index >= 15 is 0 Å². The summed E-state index contributed by atoms with van der Waals surface area (Å²) in [6, 6.07) is 18.7. The van der Waals surface area contributed by atoms with Crippen LogP contribution in [-0.4, -0.2) is 28.2 Å². The molecule has 6 nitrogen and oxygen atoms in total. The molecule has 2 aromatic carbocycles. The van der Waals surface area contributed by atoms with Gasteiger partial charge >= 0.3 is 0 Å². The Kier molecular flexibility index (Phi) is 6.04. The summed E-state index contributed by atoms with van der Waals surface area (Å²) < 4.78 is 1.98. The molecule has 0 aliphatic carbocycles. The van der Waals surface area contributed by atoms with E-state index < -0.39 is 0 Å². The number of fused-ring (bicyclic) bond motifs is 1. The van der Waals surface area contributed by atoms with Gasteiger partial charge in [0.15, 0.2) is 0 Å². The molecule has 0 aliphatic rings. The average molecular weight is 431 g/mol. The zero-order valence-electron chi connectivity index (χ0n) is 17.3. The number of hydrogen-bond acceptors (Lipinski definition) is 4. The van der Waals surface area contributed by atoms with Gasteiger partial charge in [-0.3, -0.25) is 9.59 Å². The summed E-state index contributed by atoms with van der Waals surface area (Å²) in [4.78, 5) is 30.6. The van der Waals surface area contributed by atoms with E-state index in [1.54, 1.807) is 43.1 Å². The SMILES string of the molecule is CNC(=O)c1cccc(NC(=O)c2ccccc2SCc2cn3ccccc3n2)c1C. The average Bonchev–Trinajstić information content (AvgIpc) is 3.22. The van der Waals surface area contributed by atoms with Crippen LogP contribution in [0, 0.1) is 6.92 Å². The van der Waals surface area contributed by atoms with Gasteiger partial charge in [0.25, 0.3) is 11.8 Å². The molecule has 0 unspecified atom stereocenters. The van der Waals surface area contributed by atoms with Gasteiger partial charge in [0.1, 0.15) is 5.65 Å². The van der Waals surface area contributed by atoms with E-state index in [0.29, 0.717) is 22.6 Å². The topological polar surface area (TPSA) is 75.5 Å². The summed E-state index contributed by atoms with van der Waals surface area (Å²) in [5.74, 6) is 0.254. The zero-order valence-corrected chi connectivity index (χ0v) is 18.1. The standard InChI is InChI=1S/C24H22N4O2S/c1-16-18(23(29)25-2)9-7-10-20(16)27-24(30)19-8-3-4-11-21(19)31-15-17-14-28-13-6-5-12-22(28)26-17/h3-14H,15H2,1-2H3,(H,25,29)(H,27,30). The number of amides is 2. The van der Waals surface area contributed by atoms with Crippen LogP contribution in [0.3, 0.4) is 0 Å². The number of benzene rings is 2. The fourth-order valence-electron chi connectivity index (χ4n) is 3.33. The minimum absolute atomic E-state index is 0.183. The number of imidazole rings is 1. The van der Waals surface area contributed by atoms with Crippen LogP contribution in [0.1, 0.15) is 32.0 Å². The quantitative estimate of drug-likeness (QED) is 0.440. The molecule has 2 aromatic heterocycles. The van der Waals surface area contributed by atoms with Crippen LogP contribution in [0.4, 0.5) is 5.69 Å². The first-order chi connectivity index (χ1) is 15.1. The van der Waals surface area contributed by atoms with Gasteiger partial charge in [0.05, 0.1) is 11.3 Å². The molecule has 2 amide bonds. The second-order valence-electron chi connectivity index (χ2n) is 6.99. The number of pyridine rings is 1. The molecule has 0 radical (unpaired) electrons. The van der Waals surface area contributed by atoms with E-state index in [1.165, 1.54) is 0 Å². The van der Waals surface area contributed by atoms with E-state index in [0.717, 1.165) is 21.8 Å². The molecular formula is C24H22N4O2S. The Morgan fingerprint density at radius 1 is 0.968 bits per heavy atom. The van der Waals surface area contributed by atoms with Gasteiger partial charge in [-0.15, -0.1) is 11.8 Å². The maximum atomic E-state index is 13.0. The smallest absolute Gasteiger partial charge is 0.256 e. The fourth-order valence-corrected chi connectivity index (χ4v) is 4.26. The van der Waals surface area contributed by atoms with E-state index in [9.17, 15) is 9.59 Å². The first-order valence-corrected chi connectivity index (χ1v) is 10.8. The number of carbonyl (C=O) groups is 2. The summed E-state index contributed by atoms with van der Waals surface area (Å²) in [6.07, 6.45) is 3.96. The first-order valence-electron chi connectivity index (χ1n) is 9.84. The highest BCUT2D eigenvalue weighted by Crippen LogP contribution is 2.28. The van der Waals surface area contributed by atoms with Crippen LogP contribution < -0.4 is 10.6 Å². The number of hydrogen-bond donors (Lipinski definition) is 2. The first kappa shape index (κ1) is 20.7. The summed E-state index contributed by atoms with van der Waals surface area (Å²) in [5, 5.41) is 5.58. The number of carbonyl (C=O) groups excluding carboxylic acids is 2. The fraction of sp³-hybridized carbons (Fsp3) is 0.125. The Bertz CT molecular complexity index is 1230. The molecule has 2 heterocycles. The lowest BCUT2D eigenvalue weighted by atomic mass is 10.1. The van der Waals surface area contributed by atoms with Crippen LogP contribution in [0.5, 0.6) is 0 Å². The van der Waals surface area contributed by atoms with Gasteiger partial charge in [0.2, 0.25) is 0 Å². The van der Waals surface area contributed by atoms with Crippen molar-refractivity contribution in [2.75, 3.05) is 12.4 Å². The maximum Gasteiger partial charge on any atom is 0.256 e. The van der Waals surface area contributed by atoms with Crippen LogP contribution in [-0.2, 0) is 5.75 Å². The molecule has 0 saturated heterocycles. The van der Waals surface area contributed by atoms with Crippen molar-refractivity contribution in [1.29, 1.82) is 0 Å². The molecule has 31 heavy (non-hydrogen) atoms. The van der Waals surface area contributed by atoms with Crippen LogP contribution >= 0.6 is 11.8 Å². The largest absolute Gasteiger partial charge is 0.355 e. The molecule has 4 aromatic rings. The molecule has 0 spiro atoms. The monoisotopic (exact) mass is 430 g/mol. The minimum Gasteiger partial charge on any atom is -0.355 e. The van der Waals surface area contributed by atoms with Gasteiger partial charge in [-0.25, -0.2) is 4.98 Å². The third kappa shape index (κ3) is 4.46. The molecule has 0 aliphatic heterocycles. The van der Waals surface area contributed by atoms with Crippen molar-refractivity contribution in [2.24, 2.45) is 0 Å². The highest BCUT2D eigenvalue weighted by atomic mass is 32.2. The Balaban J connectivity index is 1.53. The number of nitrogens with one attached hydrogen (secondary N) is 2. The Morgan fingerprint density at radius 2 is 1.74 bits per heavy atom. The molecule has 0 atom stereocenters. The minimum atomic E-state index is -0.213. The third-order valence-electron chi connectivity index (χ3n) is 4.97. The van der Waals surface area contributed by atoms with E-state index in [1.807, 2.05) is 60.1 Å². The van der Waals surface area contributed by atoms with Crippen LogP contribution in [0.2, 0.25) is 0 Å². The van der Waals surface area contributed by atoms with Crippen molar-refractivity contribution >= 4 is 34.9 Å². The summed E-state index contributed by atoms with van der Waals surface area (Å²) in [7, 11) is 1.59.